The number of benzene rings is 1. The van der Waals surface area contributed by atoms with Crippen molar-refractivity contribution in [2.75, 3.05) is 5.32 Å². The molecule has 78 valence electrons. The standard InChI is InChI=1S/C13H15NO/c15-10-14-13-7-5-12(6-8-13)9-11-3-1-2-4-11/h1,3,5-8,10-11H,2,4,9H2,(H,14,15). The van der Waals surface area contributed by atoms with Crippen LogP contribution >= 0.6 is 0 Å². The van der Waals surface area contributed by atoms with Gasteiger partial charge in [-0.3, -0.25) is 4.79 Å². The Labute approximate surface area is 90.0 Å². The Hall–Kier alpha value is -1.57. The first-order chi connectivity index (χ1) is 7.38. The molecule has 0 fully saturated rings. The van der Waals surface area contributed by atoms with Crippen molar-refractivity contribution in [1.82, 2.24) is 0 Å². The molecular formula is C13H15NO. The fourth-order valence-electron chi connectivity index (χ4n) is 1.97. The average molecular weight is 201 g/mol. The molecule has 1 atom stereocenters. The van der Waals surface area contributed by atoms with Crippen LogP contribution in [0.2, 0.25) is 0 Å². The summed E-state index contributed by atoms with van der Waals surface area (Å²) in [6.45, 7) is 0. The van der Waals surface area contributed by atoms with E-state index in [0.717, 1.165) is 12.1 Å². The summed E-state index contributed by atoms with van der Waals surface area (Å²) in [7, 11) is 0. The Morgan fingerprint density at radius 1 is 1.33 bits per heavy atom. The fraction of sp³-hybridized carbons (Fsp3) is 0.308. The van der Waals surface area contributed by atoms with Gasteiger partial charge in [0, 0.05) is 5.69 Å². The van der Waals surface area contributed by atoms with Gasteiger partial charge in [0.05, 0.1) is 0 Å². The molecule has 1 aliphatic rings. The van der Waals surface area contributed by atoms with Crippen LogP contribution in [0.4, 0.5) is 5.69 Å². The number of carbonyl (C=O) groups is 1. The Morgan fingerprint density at radius 3 is 2.73 bits per heavy atom. The van der Waals surface area contributed by atoms with Crippen molar-refractivity contribution in [3.8, 4) is 0 Å². The number of amides is 1. The van der Waals surface area contributed by atoms with Gasteiger partial charge in [0.25, 0.3) is 0 Å². The highest BCUT2D eigenvalue weighted by atomic mass is 16.1. The molecule has 0 aromatic heterocycles. The van der Waals surface area contributed by atoms with Gasteiger partial charge in [-0.1, -0.05) is 24.3 Å². The van der Waals surface area contributed by atoms with Crippen molar-refractivity contribution >= 4 is 12.1 Å². The molecule has 1 amide bonds. The van der Waals surface area contributed by atoms with Gasteiger partial charge < -0.3 is 5.32 Å². The second-order valence-electron chi connectivity index (χ2n) is 3.93. The number of rotatable bonds is 4. The first-order valence-corrected chi connectivity index (χ1v) is 5.34. The lowest BCUT2D eigenvalue weighted by Gasteiger charge is -2.07. The molecule has 0 bridgehead atoms. The molecule has 2 nitrogen and oxygen atoms in total. The molecule has 0 aliphatic heterocycles. The van der Waals surface area contributed by atoms with E-state index in [1.165, 1.54) is 18.4 Å². The van der Waals surface area contributed by atoms with Crippen LogP contribution in [0, 0.1) is 5.92 Å². The molecule has 1 N–H and O–H groups in total. The first-order valence-electron chi connectivity index (χ1n) is 5.34. The Balaban J connectivity index is 1.97. The quantitative estimate of drug-likeness (QED) is 0.589. The van der Waals surface area contributed by atoms with Crippen LogP contribution in [0.25, 0.3) is 0 Å². The lowest BCUT2D eigenvalue weighted by atomic mass is 9.99. The van der Waals surface area contributed by atoms with Crippen molar-refractivity contribution in [3.05, 3.63) is 42.0 Å². The van der Waals surface area contributed by atoms with Crippen molar-refractivity contribution in [2.24, 2.45) is 5.92 Å². The summed E-state index contributed by atoms with van der Waals surface area (Å²) in [6, 6.07) is 8.06. The van der Waals surface area contributed by atoms with Gasteiger partial charge in [-0.2, -0.15) is 0 Å². The average Bonchev–Trinajstić information content (AvgIpc) is 2.74. The van der Waals surface area contributed by atoms with Crippen LogP contribution < -0.4 is 5.32 Å². The second-order valence-corrected chi connectivity index (χ2v) is 3.93. The van der Waals surface area contributed by atoms with Crippen LogP contribution in [-0.2, 0) is 11.2 Å². The van der Waals surface area contributed by atoms with Gasteiger partial charge in [-0.05, 0) is 42.9 Å². The second kappa shape index (κ2) is 4.78. The number of carbonyl (C=O) groups excluding carboxylic acids is 1. The Kier molecular flexibility index (Phi) is 3.18. The number of hydrogen-bond acceptors (Lipinski definition) is 1. The molecule has 1 aromatic carbocycles. The molecule has 0 saturated carbocycles. The molecule has 0 spiro atoms. The minimum absolute atomic E-state index is 0.703. The molecule has 1 unspecified atom stereocenters. The van der Waals surface area contributed by atoms with Gasteiger partial charge in [0.1, 0.15) is 0 Å². The number of allylic oxidation sites excluding steroid dienone is 2. The number of hydrogen-bond donors (Lipinski definition) is 1. The summed E-state index contributed by atoms with van der Waals surface area (Å²) in [6.07, 6.45) is 8.86. The normalized spacial score (nSPS) is 19.1. The van der Waals surface area contributed by atoms with E-state index in [0.29, 0.717) is 12.3 Å². The van der Waals surface area contributed by atoms with Crippen LogP contribution in [0.5, 0.6) is 0 Å². The van der Waals surface area contributed by atoms with Gasteiger partial charge in [-0.15, -0.1) is 0 Å². The maximum atomic E-state index is 10.2. The summed E-state index contributed by atoms with van der Waals surface area (Å²) in [5, 5.41) is 2.63. The predicted octanol–water partition coefficient (Wildman–Crippen LogP) is 2.76. The first kappa shape index (κ1) is 9.97. The molecule has 2 rings (SSSR count). The van der Waals surface area contributed by atoms with E-state index in [2.05, 4.69) is 29.6 Å². The fourth-order valence-corrected chi connectivity index (χ4v) is 1.97. The summed E-state index contributed by atoms with van der Waals surface area (Å²) < 4.78 is 0. The zero-order chi connectivity index (χ0) is 10.5. The molecular weight excluding hydrogens is 186 g/mol. The van der Waals surface area contributed by atoms with Crippen molar-refractivity contribution in [1.29, 1.82) is 0 Å². The smallest absolute Gasteiger partial charge is 0.211 e. The predicted molar refractivity (Wildman–Crippen MR) is 61.7 cm³/mol. The third-order valence-electron chi connectivity index (χ3n) is 2.79. The van der Waals surface area contributed by atoms with E-state index in [1.807, 2.05) is 12.1 Å². The van der Waals surface area contributed by atoms with Crippen LogP contribution in [-0.4, -0.2) is 6.41 Å². The van der Waals surface area contributed by atoms with E-state index >= 15 is 0 Å². The van der Waals surface area contributed by atoms with E-state index in [-0.39, 0.29) is 0 Å². The number of nitrogens with one attached hydrogen (secondary N) is 1. The summed E-state index contributed by atoms with van der Waals surface area (Å²) in [4.78, 5) is 10.2. The van der Waals surface area contributed by atoms with Crippen molar-refractivity contribution < 1.29 is 4.79 Å². The lowest BCUT2D eigenvalue weighted by molar-refractivity contribution is -0.105. The number of anilines is 1. The molecule has 15 heavy (non-hydrogen) atoms. The zero-order valence-corrected chi connectivity index (χ0v) is 8.65. The SMILES string of the molecule is O=CNc1ccc(CC2C=CCC2)cc1. The molecule has 0 heterocycles. The highest BCUT2D eigenvalue weighted by Crippen LogP contribution is 2.22. The Bertz CT molecular complexity index is 353. The Morgan fingerprint density at radius 2 is 2.13 bits per heavy atom. The minimum atomic E-state index is 0.703. The third-order valence-corrected chi connectivity index (χ3v) is 2.79. The molecule has 0 radical (unpaired) electrons. The van der Waals surface area contributed by atoms with E-state index in [4.69, 9.17) is 0 Å². The largest absolute Gasteiger partial charge is 0.329 e. The van der Waals surface area contributed by atoms with Crippen LogP contribution in [0.1, 0.15) is 18.4 Å². The molecule has 0 saturated heterocycles. The topological polar surface area (TPSA) is 29.1 Å². The maximum absolute atomic E-state index is 10.2. The van der Waals surface area contributed by atoms with Gasteiger partial charge in [0.2, 0.25) is 6.41 Å². The van der Waals surface area contributed by atoms with Gasteiger partial charge in [-0.25, -0.2) is 0 Å². The van der Waals surface area contributed by atoms with Crippen LogP contribution in [0.15, 0.2) is 36.4 Å². The van der Waals surface area contributed by atoms with Gasteiger partial charge >= 0.3 is 0 Å². The van der Waals surface area contributed by atoms with Crippen molar-refractivity contribution in [2.45, 2.75) is 19.3 Å². The highest BCUT2D eigenvalue weighted by Gasteiger charge is 2.09. The van der Waals surface area contributed by atoms with Crippen LogP contribution in [0.3, 0.4) is 0 Å². The summed E-state index contributed by atoms with van der Waals surface area (Å²) in [5.74, 6) is 0.704. The van der Waals surface area contributed by atoms with Gasteiger partial charge in [0.15, 0.2) is 0 Å². The van der Waals surface area contributed by atoms with Crippen molar-refractivity contribution in [3.63, 3.8) is 0 Å². The third kappa shape index (κ3) is 2.69. The zero-order valence-electron chi connectivity index (χ0n) is 8.65. The highest BCUT2D eigenvalue weighted by molar-refractivity contribution is 5.71. The molecule has 1 aromatic rings. The lowest BCUT2D eigenvalue weighted by Crippen LogP contribution is -1.98. The van der Waals surface area contributed by atoms with E-state index in [1.54, 1.807) is 0 Å². The molecule has 1 aliphatic carbocycles. The molecule has 2 heteroatoms. The van der Waals surface area contributed by atoms with E-state index < -0.39 is 0 Å². The summed E-state index contributed by atoms with van der Waals surface area (Å²) in [5.41, 5.74) is 2.19. The minimum Gasteiger partial charge on any atom is -0.329 e. The maximum Gasteiger partial charge on any atom is 0.211 e. The van der Waals surface area contributed by atoms with E-state index in [9.17, 15) is 4.79 Å². The summed E-state index contributed by atoms with van der Waals surface area (Å²) >= 11 is 0. The monoisotopic (exact) mass is 201 g/mol.